The maximum absolute atomic E-state index is 5.62. The molecule has 0 fully saturated rings. The molecule has 0 heterocycles. The van der Waals surface area contributed by atoms with Crippen LogP contribution >= 0.6 is 12.2 Å². The molecular weight excluding hydrogens is 266 g/mol. The Labute approximate surface area is 124 Å². The largest absolute Gasteiger partial charge is 0.489 e. The van der Waals surface area contributed by atoms with E-state index in [0.717, 1.165) is 25.9 Å². The highest BCUT2D eigenvalue weighted by atomic mass is 32.1. The molecule has 0 radical (unpaired) electrons. The molecule has 0 aromatic rings. The highest BCUT2D eigenvalue weighted by Gasteiger charge is 2.12. The van der Waals surface area contributed by atoms with E-state index in [4.69, 9.17) is 37.7 Å². The van der Waals surface area contributed by atoms with Crippen molar-refractivity contribution >= 4 is 42.0 Å². The van der Waals surface area contributed by atoms with Gasteiger partial charge in [0.15, 0.2) is 0 Å². The zero-order valence-corrected chi connectivity index (χ0v) is 13.7. The molecule has 0 rings (SSSR count). The minimum Gasteiger partial charge on any atom is -0.489 e. The molecule has 4 heteroatoms. The molecule has 0 aromatic carbocycles. The van der Waals surface area contributed by atoms with E-state index in [1.165, 1.54) is 38.5 Å². The number of nitrogens with zero attached hydrogens (tertiary/aromatic N) is 1. The van der Waals surface area contributed by atoms with Crippen LogP contribution in [0.3, 0.4) is 0 Å². The van der Waals surface area contributed by atoms with Gasteiger partial charge in [0, 0.05) is 4.32 Å². The normalized spacial score (nSPS) is 11.7. The average Bonchev–Trinajstić information content (AvgIpc) is 2.30. The fourth-order valence-corrected chi connectivity index (χ4v) is 2.51. The highest BCUT2D eigenvalue weighted by molar-refractivity contribution is 8.00. The van der Waals surface area contributed by atoms with Crippen molar-refractivity contribution in [3.8, 4) is 0 Å². The van der Waals surface area contributed by atoms with Crippen LogP contribution in [-0.4, -0.2) is 21.3 Å². The lowest BCUT2D eigenvalue weighted by molar-refractivity contribution is -0.691. The third-order valence-corrected chi connectivity index (χ3v) is 4.56. The summed E-state index contributed by atoms with van der Waals surface area (Å²) in [5.41, 5.74) is 0. The maximum atomic E-state index is 5.62. The maximum Gasteiger partial charge on any atom is 0.0656 e. The van der Waals surface area contributed by atoms with Gasteiger partial charge >= 0.3 is 0 Å². The monoisotopic (exact) mass is 292 g/mol. The Kier molecular flexibility index (Phi) is 10.9. The number of hydrogen-bond acceptors (Lipinski definition) is 3. The van der Waals surface area contributed by atoms with Crippen molar-refractivity contribution in [3.05, 3.63) is 0 Å². The highest BCUT2D eigenvalue weighted by Crippen LogP contribution is 2.14. The Balaban J connectivity index is 3.94. The van der Waals surface area contributed by atoms with Crippen LogP contribution in [0.5, 0.6) is 0 Å². The number of quaternary nitrogens is 1. The third kappa shape index (κ3) is 8.36. The average molecular weight is 293 g/mol. The molecule has 0 saturated carbocycles. The summed E-state index contributed by atoms with van der Waals surface area (Å²) in [7, 11) is 0. The van der Waals surface area contributed by atoms with Gasteiger partial charge in [-0.25, -0.2) is 0 Å². The van der Waals surface area contributed by atoms with Gasteiger partial charge < -0.3 is 41.5 Å². The van der Waals surface area contributed by atoms with Crippen LogP contribution in [0, 0.1) is 0 Å². The smallest absolute Gasteiger partial charge is 0.0656 e. The minimum atomic E-state index is 0.415. The van der Waals surface area contributed by atoms with Crippen molar-refractivity contribution in [1.82, 2.24) is 0 Å². The molecular formula is C13H26NS3-. The topological polar surface area (TPSA) is 0 Å². The van der Waals surface area contributed by atoms with E-state index in [0.29, 0.717) is 8.21 Å². The summed E-state index contributed by atoms with van der Waals surface area (Å²) in [4.78, 5) is 0. The SMILES string of the molecule is CCCCCC[N+]([S-])(CCCCCC)C(=S)[S-]. The second kappa shape index (κ2) is 10.5. The third-order valence-electron chi connectivity index (χ3n) is 3.08. The van der Waals surface area contributed by atoms with E-state index in [2.05, 4.69) is 13.8 Å². The van der Waals surface area contributed by atoms with Crippen LogP contribution in [-0.2, 0) is 25.4 Å². The molecule has 1 nitrogen and oxygen atoms in total. The van der Waals surface area contributed by atoms with E-state index in [1.54, 1.807) is 0 Å². The molecule has 0 N–H and O–H groups in total. The van der Waals surface area contributed by atoms with E-state index in [-0.39, 0.29) is 0 Å². The summed E-state index contributed by atoms with van der Waals surface area (Å²) >= 11 is 16.0. The van der Waals surface area contributed by atoms with Crippen molar-refractivity contribution in [2.24, 2.45) is 0 Å². The first-order valence-corrected chi connectivity index (χ1v) is 8.04. The molecule has 0 spiro atoms. The Morgan fingerprint density at radius 1 is 0.882 bits per heavy atom. The molecule has 0 aliphatic heterocycles. The van der Waals surface area contributed by atoms with Gasteiger partial charge in [0.25, 0.3) is 0 Å². The minimum absolute atomic E-state index is 0.415. The first-order valence-electron chi connectivity index (χ1n) is 6.86. The Bertz CT molecular complexity index is 195. The molecule has 17 heavy (non-hydrogen) atoms. The summed E-state index contributed by atoms with van der Waals surface area (Å²) in [6, 6.07) is 0. The molecule has 0 bridgehead atoms. The van der Waals surface area contributed by atoms with Crippen molar-refractivity contribution in [3.63, 3.8) is 0 Å². The van der Waals surface area contributed by atoms with Crippen LogP contribution < -0.4 is 0 Å². The van der Waals surface area contributed by atoms with Crippen LogP contribution in [0.1, 0.15) is 65.2 Å². The summed E-state index contributed by atoms with van der Waals surface area (Å²) in [6.07, 6.45) is 9.90. The van der Waals surface area contributed by atoms with Crippen LogP contribution in [0.2, 0.25) is 0 Å². The van der Waals surface area contributed by atoms with Gasteiger partial charge in [-0.15, -0.1) is 0 Å². The van der Waals surface area contributed by atoms with Gasteiger partial charge in [-0.2, -0.15) is 0 Å². The van der Waals surface area contributed by atoms with Crippen LogP contribution in [0.15, 0.2) is 0 Å². The fourth-order valence-electron chi connectivity index (χ4n) is 1.88. The molecule has 0 amide bonds. The number of rotatable bonds is 10. The molecule has 0 aliphatic rings. The van der Waals surface area contributed by atoms with Gasteiger partial charge in [0.2, 0.25) is 0 Å². The predicted octanol–water partition coefficient (Wildman–Crippen LogP) is 4.26. The molecule has 0 atom stereocenters. The lowest BCUT2D eigenvalue weighted by Crippen LogP contribution is -2.47. The zero-order chi connectivity index (χ0) is 13.1. The molecule has 102 valence electrons. The molecule has 0 unspecified atom stereocenters. The first-order chi connectivity index (χ1) is 8.06. The standard InChI is InChI=1S/C13H27NS3/c1-3-5-7-9-11-14(17,13(15)16)12-10-8-6-4-2/h3-12H2,1-2H3,(H,15,16)/p-1. The summed E-state index contributed by atoms with van der Waals surface area (Å²) < 4.78 is 0.978. The molecule has 0 aliphatic carbocycles. The van der Waals surface area contributed by atoms with E-state index in [9.17, 15) is 0 Å². The number of unbranched alkanes of at least 4 members (excludes halogenated alkanes) is 6. The second-order valence-corrected chi connectivity index (χ2v) is 6.45. The van der Waals surface area contributed by atoms with E-state index < -0.39 is 0 Å². The zero-order valence-electron chi connectivity index (χ0n) is 11.2. The van der Waals surface area contributed by atoms with Gasteiger partial charge in [-0.3, -0.25) is 0 Å². The number of hydrogen-bond donors (Lipinski definition) is 0. The predicted molar refractivity (Wildman–Crippen MR) is 85.6 cm³/mol. The van der Waals surface area contributed by atoms with Crippen LogP contribution in [0.25, 0.3) is 0 Å². The van der Waals surface area contributed by atoms with Gasteiger partial charge in [0.1, 0.15) is 0 Å². The Morgan fingerprint density at radius 3 is 1.59 bits per heavy atom. The lowest BCUT2D eigenvalue weighted by Gasteiger charge is -2.47. The summed E-state index contributed by atoms with van der Waals surface area (Å²) in [6.45, 7) is 6.34. The summed E-state index contributed by atoms with van der Waals surface area (Å²) in [5, 5.41) is 0. The summed E-state index contributed by atoms with van der Waals surface area (Å²) in [5.74, 6) is 0. The van der Waals surface area contributed by atoms with Crippen molar-refractivity contribution < 1.29 is 3.89 Å². The molecule has 0 aromatic heterocycles. The Morgan fingerprint density at radius 2 is 1.29 bits per heavy atom. The van der Waals surface area contributed by atoms with Gasteiger partial charge in [0.05, 0.1) is 13.1 Å². The Hall–Kier alpha value is 0.620. The number of thiocarbonyl (C=S) groups is 1. The van der Waals surface area contributed by atoms with Crippen molar-refractivity contribution in [2.75, 3.05) is 13.1 Å². The van der Waals surface area contributed by atoms with Crippen molar-refractivity contribution in [2.45, 2.75) is 65.2 Å². The quantitative estimate of drug-likeness (QED) is 0.256. The van der Waals surface area contributed by atoms with E-state index in [1.807, 2.05) is 0 Å². The fraction of sp³-hybridized carbons (Fsp3) is 0.923. The van der Waals surface area contributed by atoms with Gasteiger partial charge in [-0.05, 0) is 25.7 Å². The van der Waals surface area contributed by atoms with Crippen LogP contribution in [0.4, 0.5) is 0 Å². The van der Waals surface area contributed by atoms with Crippen molar-refractivity contribution in [1.29, 1.82) is 0 Å². The molecule has 0 saturated heterocycles. The first kappa shape index (κ1) is 17.6. The van der Waals surface area contributed by atoms with Gasteiger partial charge in [-0.1, -0.05) is 39.5 Å². The van der Waals surface area contributed by atoms with E-state index >= 15 is 0 Å². The lowest BCUT2D eigenvalue weighted by atomic mass is 10.2. The second-order valence-electron chi connectivity index (χ2n) is 4.72.